The second-order valence-corrected chi connectivity index (χ2v) is 7.23. The van der Waals surface area contributed by atoms with Gasteiger partial charge in [0.15, 0.2) is 0 Å². The molecule has 0 fully saturated rings. The molecule has 0 aromatic heterocycles. The van der Waals surface area contributed by atoms with Crippen molar-refractivity contribution in [3.05, 3.63) is 12.2 Å². The highest BCUT2D eigenvalue weighted by atomic mass is 16.5. The average molecular weight is 387 g/mol. The third-order valence-electron chi connectivity index (χ3n) is 4.66. The Bertz CT molecular complexity index is 357. The molecule has 0 saturated carbocycles. The number of rotatable bonds is 19. The molecule has 0 bridgehead atoms. The summed E-state index contributed by atoms with van der Waals surface area (Å²) in [5.74, 6) is -0.115. The van der Waals surface area contributed by atoms with Gasteiger partial charge in [-0.3, -0.25) is 4.79 Å². The molecule has 0 spiro atoms. The Morgan fingerprint density at radius 3 is 2.41 bits per heavy atom. The van der Waals surface area contributed by atoms with Gasteiger partial charge in [-0.15, -0.1) is 0 Å². The van der Waals surface area contributed by atoms with Gasteiger partial charge in [-0.05, 0) is 32.1 Å². The molecule has 0 aliphatic heterocycles. The number of unbranched alkanes of at least 4 members (excludes halogenated alkanes) is 8. The molecule has 0 amide bonds. The second kappa shape index (κ2) is 19.8. The Morgan fingerprint density at radius 1 is 1.00 bits per heavy atom. The van der Waals surface area contributed by atoms with E-state index >= 15 is 0 Å². The van der Waals surface area contributed by atoms with Crippen molar-refractivity contribution >= 4 is 5.97 Å². The van der Waals surface area contributed by atoms with E-state index in [1.54, 1.807) is 0 Å². The van der Waals surface area contributed by atoms with Gasteiger partial charge in [0.05, 0.1) is 26.4 Å². The van der Waals surface area contributed by atoms with Crippen molar-refractivity contribution in [2.45, 2.75) is 103 Å². The number of aliphatic hydroxyl groups excluding tert-OH is 2. The van der Waals surface area contributed by atoms with Crippen LogP contribution in [0.25, 0.3) is 0 Å². The van der Waals surface area contributed by atoms with Gasteiger partial charge in [-0.2, -0.15) is 0 Å². The number of allylic oxidation sites excluding steroid dienone is 1. The first-order valence-electron chi connectivity index (χ1n) is 10.8. The van der Waals surface area contributed by atoms with Crippen LogP contribution in [0, 0.1) is 0 Å². The van der Waals surface area contributed by atoms with Crippen molar-refractivity contribution < 1.29 is 24.5 Å². The molecule has 0 aliphatic carbocycles. The van der Waals surface area contributed by atoms with Crippen molar-refractivity contribution in [1.29, 1.82) is 0 Å². The van der Waals surface area contributed by atoms with Gasteiger partial charge >= 0.3 is 5.97 Å². The molecule has 0 heterocycles. The molecule has 2 atom stereocenters. The van der Waals surface area contributed by atoms with E-state index in [1.807, 2.05) is 0 Å². The van der Waals surface area contributed by atoms with Gasteiger partial charge in [0.2, 0.25) is 0 Å². The maximum absolute atomic E-state index is 11.0. The summed E-state index contributed by atoms with van der Waals surface area (Å²) in [7, 11) is 1.43. The molecule has 0 rings (SSSR count). The fourth-order valence-electron chi connectivity index (χ4n) is 2.90. The smallest absolute Gasteiger partial charge is 0.305 e. The lowest BCUT2D eigenvalue weighted by Crippen LogP contribution is -2.24. The SMILES string of the molecule is CCCCCC[C@H](CC=CCCCCCCCC(=O)OC)OCC(O)CO. The molecule has 2 N–H and O–H groups in total. The molecule has 0 radical (unpaired) electrons. The van der Waals surface area contributed by atoms with Crippen molar-refractivity contribution in [3.8, 4) is 0 Å². The standard InChI is InChI=1S/C22H42O5/c1-3-4-5-12-15-21(27-19-20(24)18-23)16-13-10-8-6-7-9-11-14-17-22(25)26-2/h10,13,20-21,23-24H,3-9,11-12,14-19H2,1-2H3/t20?,21-/m1/s1. The van der Waals surface area contributed by atoms with E-state index in [0.29, 0.717) is 6.42 Å². The summed E-state index contributed by atoms with van der Waals surface area (Å²) >= 11 is 0. The van der Waals surface area contributed by atoms with Gasteiger partial charge in [-0.1, -0.05) is 64.0 Å². The minimum atomic E-state index is -0.786. The molecule has 0 aliphatic rings. The van der Waals surface area contributed by atoms with E-state index in [4.69, 9.17) is 9.84 Å². The van der Waals surface area contributed by atoms with Crippen LogP contribution in [0.2, 0.25) is 0 Å². The Kier molecular flexibility index (Phi) is 19.2. The lowest BCUT2D eigenvalue weighted by molar-refractivity contribution is -0.140. The average Bonchev–Trinajstić information content (AvgIpc) is 2.69. The van der Waals surface area contributed by atoms with Gasteiger partial charge in [0.25, 0.3) is 0 Å². The number of hydrogen-bond acceptors (Lipinski definition) is 5. The molecule has 0 saturated heterocycles. The summed E-state index contributed by atoms with van der Waals surface area (Å²) in [5, 5.41) is 18.4. The van der Waals surface area contributed by atoms with E-state index in [2.05, 4.69) is 23.8 Å². The number of aliphatic hydroxyl groups is 2. The minimum Gasteiger partial charge on any atom is -0.469 e. The summed E-state index contributed by atoms with van der Waals surface area (Å²) < 4.78 is 10.4. The van der Waals surface area contributed by atoms with Crippen molar-refractivity contribution in [3.63, 3.8) is 0 Å². The molecule has 5 heteroatoms. The van der Waals surface area contributed by atoms with Crippen LogP contribution < -0.4 is 0 Å². The maximum Gasteiger partial charge on any atom is 0.305 e. The van der Waals surface area contributed by atoms with Gasteiger partial charge in [0.1, 0.15) is 6.10 Å². The topological polar surface area (TPSA) is 76.0 Å². The summed E-state index contributed by atoms with van der Waals surface area (Å²) in [4.78, 5) is 11.0. The number of methoxy groups -OCH3 is 1. The predicted molar refractivity (Wildman–Crippen MR) is 110 cm³/mol. The molecule has 0 aromatic carbocycles. The van der Waals surface area contributed by atoms with E-state index < -0.39 is 6.10 Å². The molecule has 1 unspecified atom stereocenters. The number of hydrogen-bond donors (Lipinski definition) is 2. The highest BCUT2D eigenvalue weighted by Crippen LogP contribution is 2.13. The van der Waals surface area contributed by atoms with Crippen LogP contribution in [-0.4, -0.2) is 48.7 Å². The Hall–Kier alpha value is -0.910. The summed E-state index contributed by atoms with van der Waals surface area (Å²) in [5.41, 5.74) is 0. The number of carbonyl (C=O) groups excluding carboxylic acids is 1. The van der Waals surface area contributed by atoms with E-state index in [1.165, 1.54) is 39.2 Å². The van der Waals surface area contributed by atoms with Crippen LogP contribution in [-0.2, 0) is 14.3 Å². The highest BCUT2D eigenvalue weighted by Gasteiger charge is 2.10. The predicted octanol–water partition coefficient (Wildman–Crippen LogP) is 4.55. The Labute approximate surface area is 166 Å². The quantitative estimate of drug-likeness (QED) is 0.194. The Balaban J connectivity index is 3.81. The van der Waals surface area contributed by atoms with Crippen molar-refractivity contribution in [2.24, 2.45) is 0 Å². The molecular formula is C22H42O5. The number of carbonyl (C=O) groups is 1. The van der Waals surface area contributed by atoms with Crippen molar-refractivity contribution in [1.82, 2.24) is 0 Å². The minimum absolute atomic E-state index is 0.115. The Morgan fingerprint density at radius 2 is 1.70 bits per heavy atom. The highest BCUT2D eigenvalue weighted by molar-refractivity contribution is 5.68. The molecule has 27 heavy (non-hydrogen) atoms. The fraction of sp³-hybridized carbons (Fsp3) is 0.864. The molecule has 5 nitrogen and oxygen atoms in total. The first-order chi connectivity index (χ1) is 13.1. The molecular weight excluding hydrogens is 344 g/mol. The van der Waals surface area contributed by atoms with Crippen LogP contribution in [0.4, 0.5) is 0 Å². The summed E-state index contributed by atoms with van der Waals surface area (Å²) in [6, 6.07) is 0. The number of ether oxygens (including phenoxy) is 2. The van der Waals surface area contributed by atoms with Crippen LogP contribution >= 0.6 is 0 Å². The zero-order valence-corrected chi connectivity index (χ0v) is 17.5. The zero-order chi connectivity index (χ0) is 20.2. The number of esters is 1. The van der Waals surface area contributed by atoms with Crippen LogP contribution in [0.1, 0.15) is 90.4 Å². The van der Waals surface area contributed by atoms with E-state index in [9.17, 15) is 9.90 Å². The summed E-state index contributed by atoms with van der Waals surface area (Å²) in [6.45, 7) is 2.15. The zero-order valence-electron chi connectivity index (χ0n) is 17.5. The van der Waals surface area contributed by atoms with Crippen molar-refractivity contribution in [2.75, 3.05) is 20.3 Å². The molecule has 0 aromatic rings. The third-order valence-corrected chi connectivity index (χ3v) is 4.66. The lowest BCUT2D eigenvalue weighted by Gasteiger charge is -2.18. The summed E-state index contributed by atoms with van der Waals surface area (Å²) in [6.07, 6.45) is 17.6. The maximum atomic E-state index is 11.0. The first kappa shape index (κ1) is 26.1. The van der Waals surface area contributed by atoms with Crippen LogP contribution in [0.15, 0.2) is 12.2 Å². The monoisotopic (exact) mass is 386 g/mol. The fourth-order valence-corrected chi connectivity index (χ4v) is 2.90. The normalized spacial score (nSPS) is 13.8. The van der Waals surface area contributed by atoms with E-state index in [0.717, 1.165) is 44.9 Å². The van der Waals surface area contributed by atoms with Gasteiger partial charge in [-0.25, -0.2) is 0 Å². The first-order valence-corrected chi connectivity index (χ1v) is 10.8. The van der Waals surface area contributed by atoms with Gasteiger partial charge < -0.3 is 19.7 Å². The largest absolute Gasteiger partial charge is 0.469 e. The van der Waals surface area contributed by atoms with E-state index in [-0.39, 0.29) is 25.3 Å². The molecule has 160 valence electrons. The van der Waals surface area contributed by atoms with Gasteiger partial charge in [0, 0.05) is 6.42 Å². The third kappa shape index (κ3) is 18.2. The van der Waals surface area contributed by atoms with Crippen LogP contribution in [0.3, 0.4) is 0 Å². The second-order valence-electron chi connectivity index (χ2n) is 7.23. The lowest BCUT2D eigenvalue weighted by atomic mass is 10.1. The van der Waals surface area contributed by atoms with Crippen LogP contribution in [0.5, 0.6) is 0 Å².